The first-order chi connectivity index (χ1) is 13.3. The second kappa shape index (κ2) is 6.44. The molecule has 0 bridgehead atoms. The molecular formula is C24H20N2O. The van der Waals surface area contributed by atoms with Crippen molar-refractivity contribution in [3.63, 3.8) is 0 Å². The van der Waals surface area contributed by atoms with Gasteiger partial charge in [-0.2, -0.15) is 0 Å². The lowest BCUT2D eigenvalue weighted by Gasteiger charge is -2.36. The fourth-order valence-corrected chi connectivity index (χ4v) is 4.19. The van der Waals surface area contributed by atoms with Gasteiger partial charge in [-0.3, -0.25) is 4.79 Å². The van der Waals surface area contributed by atoms with Crippen LogP contribution in [0.25, 0.3) is 10.9 Å². The Morgan fingerprint density at radius 1 is 0.852 bits per heavy atom. The molecule has 0 aliphatic carbocycles. The number of carbonyl (C=O) groups is 1. The molecule has 0 radical (unpaired) electrons. The Labute approximate surface area is 158 Å². The largest absolute Gasteiger partial charge is 0.356 e. The maximum absolute atomic E-state index is 13.3. The zero-order chi connectivity index (χ0) is 18.2. The molecule has 4 aromatic rings. The van der Waals surface area contributed by atoms with E-state index >= 15 is 0 Å². The van der Waals surface area contributed by atoms with Gasteiger partial charge in [-0.25, -0.2) is 0 Å². The highest BCUT2D eigenvalue weighted by Crippen LogP contribution is 2.38. The molecule has 0 saturated heterocycles. The van der Waals surface area contributed by atoms with Crippen molar-refractivity contribution in [1.82, 2.24) is 9.88 Å². The first-order valence-corrected chi connectivity index (χ1v) is 9.33. The van der Waals surface area contributed by atoms with Crippen LogP contribution in [0.3, 0.4) is 0 Å². The van der Waals surface area contributed by atoms with Gasteiger partial charge in [0.15, 0.2) is 0 Å². The molecule has 0 unspecified atom stereocenters. The highest BCUT2D eigenvalue weighted by Gasteiger charge is 2.34. The van der Waals surface area contributed by atoms with E-state index in [0.29, 0.717) is 6.54 Å². The van der Waals surface area contributed by atoms with Crippen LogP contribution in [0.5, 0.6) is 0 Å². The van der Waals surface area contributed by atoms with Gasteiger partial charge in [-0.05, 0) is 35.7 Å². The molecule has 3 nitrogen and oxygen atoms in total. The molecule has 1 aromatic heterocycles. The number of nitrogens with one attached hydrogen (secondary N) is 1. The molecule has 3 heteroatoms. The van der Waals surface area contributed by atoms with Gasteiger partial charge in [0, 0.05) is 28.7 Å². The van der Waals surface area contributed by atoms with E-state index in [9.17, 15) is 4.79 Å². The zero-order valence-corrected chi connectivity index (χ0v) is 14.9. The maximum Gasteiger partial charge on any atom is 0.254 e. The number of hydrogen-bond donors (Lipinski definition) is 1. The number of aromatic amines is 1. The van der Waals surface area contributed by atoms with Crippen LogP contribution in [0.4, 0.5) is 0 Å². The molecule has 1 amide bonds. The van der Waals surface area contributed by atoms with Crippen LogP contribution in [0.1, 0.15) is 33.2 Å². The van der Waals surface area contributed by atoms with Gasteiger partial charge in [0.05, 0.1) is 6.04 Å². The van der Waals surface area contributed by atoms with Crippen molar-refractivity contribution >= 4 is 16.8 Å². The third-order valence-corrected chi connectivity index (χ3v) is 5.43. The average molecular weight is 352 g/mol. The molecule has 1 aliphatic rings. The zero-order valence-electron chi connectivity index (χ0n) is 14.9. The SMILES string of the molecule is O=C(c1ccccc1)N1CCc2c([nH]c3ccccc23)[C@H]1c1ccccc1. The Kier molecular flexibility index (Phi) is 3.79. The minimum Gasteiger partial charge on any atom is -0.356 e. The van der Waals surface area contributed by atoms with Crippen molar-refractivity contribution in [3.05, 3.63) is 107 Å². The van der Waals surface area contributed by atoms with E-state index in [1.165, 1.54) is 10.9 Å². The third-order valence-electron chi connectivity index (χ3n) is 5.43. The Hall–Kier alpha value is -3.33. The van der Waals surface area contributed by atoms with Crippen molar-refractivity contribution in [2.75, 3.05) is 6.54 Å². The van der Waals surface area contributed by atoms with Crippen LogP contribution >= 0.6 is 0 Å². The molecule has 1 atom stereocenters. The van der Waals surface area contributed by atoms with Crippen molar-refractivity contribution in [2.24, 2.45) is 0 Å². The quantitative estimate of drug-likeness (QED) is 0.544. The van der Waals surface area contributed by atoms with Crippen LogP contribution in [0, 0.1) is 0 Å². The van der Waals surface area contributed by atoms with Crippen LogP contribution in [0.15, 0.2) is 84.9 Å². The van der Waals surface area contributed by atoms with E-state index in [2.05, 4.69) is 41.4 Å². The summed E-state index contributed by atoms with van der Waals surface area (Å²) in [4.78, 5) is 18.9. The summed E-state index contributed by atoms with van der Waals surface area (Å²) >= 11 is 0. The number of rotatable bonds is 2. The Bertz CT molecular complexity index is 1100. The second-order valence-corrected chi connectivity index (χ2v) is 6.99. The van der Waals surface area contributed by atoms with Gasteiger partial charge in [-0.15, -0.1) is 0 Å². The fourth-order valence-electron chi connectivity index (χ4n) is 4.19. The molecule has 132 valence electrons. The van der Waals surface area contributed by atoms with E-state index in [4.69, 9.17) is 0 Å². The van der Waals surface area contributed by atoms with Crippen molar-refractivity contribution in [2.45, 2.75) is 12.5 Å². The Morgan fingerprint density at radius 2 is 1.52 bits per heavy atom. The lowest BCUT2D eigenvalue weighted by atomic mass is 9.92. The maximum atomic E-state index is 13.3. The van der Waals surface area contributed by atoms with Crippen LogP contribution < -0.4 is 0 Å². The number of fused-ring (bicyclic) bond motifs is 3. The van der Waals surface area contributed by atoms with Crippen molar-refractivity contribution < 1.29 is 4.79 Å². The molecule has 5 rings (SSSR count). The molecule has 0 spiro atoms. The summed E-state index contributed by atoms with van der Waals surface area (Å²) in [6.45, 7) is 0.710. The molecule has 1 aliphatic heterocycles. The predicted octanol–water partition coefficient (Wildman–Crippen LogP) is 4.96. The molecule has 2 heterocycles. The molecule has 27 heavy (non-hydrogen) atoms. The van der Waals surface area contributed by atoms with Crippen LogP contribution in [-0.4, -0.2) is 22.3 Å². The number of H-pyrrole nitrogens is 1. The van der Waals surface area contributed by atoms with Gasteiger partial charge in [-0.1, -0.05) is 66.7 Å². The number of amides is 1. The molecule has 3 aromatic carbocycles. The predicted molar refractivity (Wildman–Crippen MR) is 108 cm³/mol. The summed E-state index contributed by atoms with van der Waals surface area (Å²) in [5, 5.41) is 1.26. The van der Waals surface area contributed by atoms with Crippen molar-refractivity contribution in [1.29, 1.82) is 0 Å². The Morgan fingerprint density at radius 3 is 2.30 bits per heavy atom. The lowest BCUT2D eigenvalue weighted by Crippen LogP contribution is -2.40. The standard InChI is InChI=1S/C24H20N2O/c27-24(18-11-5-2-6-12-18)26-16-15-20-19-13-7-8-14-21(19)25-22(20)23(26)17-9-3-1-4-10-17/h1-14,23,25H,15-16H2/t23-/m1/s1. The van der Waals surface area contributed by atoms with E-state index in [-0.39, 0.29) is 11.9 Å². The minimum atomic E-state index is -0.102. The van der Waals surface area contributed by atoms with Gasteiger partial charge in [0.1, 0.15) is 0 Å². The normalized spacial score (nSPS) is 16.3. The molecule has 1 N–H and O–H groups in total. The number of nitrogens with zero attached hydrogens (tertiary/aromatic N) is 1. The third kappa shape index (κ3) is 2.63. The van der Waals surface area contributed by atoms with Gasteiger partial charge in [0.25, 0.3) is 5.91 Å². The summed E-state index contributed by atoms with van der Waals surface area (Å²) in [5.74, 6) is 0.0776. The van der Waals surface area contributed by atoms with Gasteiger partial charge >= 0.3 is 0 Å². The summed E-state index contributed by atoms with van der Waals surface area (Å²) in [6, 6.07) is 28.2. The highest BCUT2D eigenvalue weighted by atomic mass is 16.2. The minimum absolute atomic E-state index is 0.0776. The fraction of sp³-hybridized carbons (Fsp3) is 0.125. The molecule has 0 fully saturated rings. The first-order valence-electron chi connectivity index (χ1n) is 9.33. The summed E-state index contributed by atoms with van der Waals surface area (Å²) < 4.78 is 0. The topological polar surface area (TPSA) is 36.1 Å². The van der Waals surface area contributed by atoms with E-state index in [0.717, 1.165) is 28.8 Å². The van der Waals surface area contributed by atoms with E-state index in [1.54, 1.807) is 0 Å². The molecule has 0 saturated carbocycles. The summed E-state index contributed by atoms with van der Waals surface area (Å²) in [7, 11) is 0. The van der Waals surface area contributed by atoms with Gasteiger partial charge < -0.3 is 9.88 Å². The van der Waals surface area contributed by atoms with Crippen LogP contribution in [-0.2, 0) is 6.42 Å². The summed E-state index contributed by atoms with van der Waals surface area (Å²) in [5.41, 5.74) is 5.47. The van der Waals surface area contributed by atoms with Crippen molar-refractivity contribution in [3.8, 4) is 0 Å². The highest BCUT2D eigenvalue weighted by molar-refractivity contribution is 5.95. The van der Waals surface area contributed by atoms with Crippen LogP contribution in [0.2, 0.25) is 0 Å². The molecular weight excluding hydrogens is 332 g/mol. The number of aromatic nitrogens is 1. The lowest BCUT2D eigenvalue weighted by molar-refractivity contribution is 0.0692. The number of hydrogen-bond acceptors (Lipinski definition) is 1. The summed E-state index contributed by atoms with van der Waals surface area (Å²) in [6.07, 6.45) is 0.862. The average Bonchev–Trinajstić information content (AvgIpc) is 3.12. The van der Waals surface area contributed by atoms with Gasteiger partial charge in [0.2, 0.25) is 0 Å². The number of para-hydroxylation sites is 1. The number of benzene rings is 3. The number of carbonyl (C=O) groups excluding carboxylic acids is 1. The Balaban J connectivity index is 1.67. The smallest absolute Gasteiger partial charge is 0.254 e. The first kappa shape index (κ1) is 15.9. The second-order valence-electron chi connectivity index (χ2n) is 6.99. The monoisotopic (exact) mass is 352 g/mol. The van der Waals surface area contributed by atoms with E-state index < -0.39 is 0 Å². The van der Waals surface area contributed by atoms with E-state index in [1.807, 2.05) is 53.4 Å².